The van der Waals surface area contributed by atoms with Gasteiger partial charge in [0, 0.05) is 0 Å². The molecule has 0 aliphatic carbocycles. The molecule has 0 aliphatic rings. The van der Waals surface area contributed by atoms with Crippen LogP contribution in [0, 0.1) is 6.92 Å². The summed E-state index contributed by atoms with van der Waals surface area (Å²) in [5.74, 6) is 0.581. The van der Waals surface area contributed by atoms with Gasteiger partial charge in [0.2, 0.25) is 0 Å². The zero-order chi connectivity index (χ0) is 11.1. The first-order valence-corrected chi connectivity index (χ1v) is 5.38. The molecule has 78 valence electrons. The third-order valence-corrected chi connectivity index (χ3v) is 2.18. The Morgan fingerprint density at radius 2 is 1.79 bits per heavy atom. The summed E-state index contributed by atoms with van der Waals surface area (Å²) >= 11 is 0. The van der Waals surface area contributed by atoms with Crippen LogP contribution in [0.5, 0.6) is 0 Å². The highest BCUT2D eigenvalue weighted by molar-refractivity contribution is 5.56. The van der Waals surface area contributed by atoms with Crippen LogP contribution in [0.1, 0.15) is 50.3 Å². The van der Waals surface area contributed by atoms with Gasteiger partial charge in [0.25, 0.3) is 0 Å². The van der Waals surface area contributed by atoms with Crippen molar-refractivity contribution in [2.24, 2.45) is 0 Å². The Labute approximate surface area is 88.7 Å². The SMILES string of the molecule is C=Cc1c(C)cccc1C(C)C.CC. The Hall–Kier alpha value is -1.04. The van der Waals surface area contributed by atoms with Crippen molar-refractivity contribution in [1.82, 2.24) is 0 Å². The molecule has 0 fully saturated rings. The van der Waals surface area contributed by atoms with Crippen molar-refractivity contribution in [1.29, 1.82) is 0 Å². The molecule has 0 unspecified atom stereocenters. The van der Waals surface area contributed by atoms with Gasteiger partial charge in [-0.1, -0.05) is 58.5 Å². The van der Waals surface area contributed by atoms with Crippen LogP contribution in [-0.4, -0.2) is 0 Å². The first-order chi connectivity index (χ1) is 6.66. The fourth-order valence-corrected chi connectivity index (χ4v) is 1.49. The summed E-state index contributed by atoms with van der Waals surface area (Å²) in [5.41, 5.74) is 4.01. The number of hydrogen-bond acceptors (Lipinski definition) is 0. The minimum atomic E-state index is 0.581. The quantitative estimate of drug-likeness (QED) is 0.629. The second-order valence-electron chi connectivity index (χ2n) is 3.44. The van der Waals surface area contributed by atoms with Crippen LogP contribution in [0.15, 0.2) is 24.8 Å². The van der Waals surface area contributed by atoms with Gasteiger partial charge in [-0.15, -0.1) is 0 Å². The van der Waals surface area contributed by atoms with E-state index in [-0.39, 0.29) is 0 Å². The molecule has 0 aromatic heterocycles. The summed E-state index contributed by atoms with van der Waals surface area (Å²) in [7, 11) is 0. The van der Waals surface area contributed by atoms with Crippen molar-refractivity contribution >= 4 is 6.08 Å². The van der Waals surface area contributed by atoms with Crippen LogP contribution in [-0.2, 0) is 0 Å². The molecular formula is C14H22. The Morgan fingerprint density at radius 3 is 2.14 bits per heavy atom. The maximum Gasteiger partial charge on any atom is -0.0198 e. The van der Waals surface area contributed by atoms with E-state index in [4.69, 9.17) is 0 Å². The van der Waals surface area contributed by atoms with Gasteiger partial charge in [0.15, 0.2) is 0 Å². The molecule has 0 amide bonds. The lowest BCUT2D eigenvalue weighted by atomic mass is 9.94. The highest BCUT2D eigenvalue weighted by atomic mass is 14.1. The van der Waals surface area contributed by atoms with Crippen molar-refractivity contribution in [3.8, 4) is 0 Å². The van der Waals surface area contributed by atoms with Gasteiger partial charge >= 0.3 is 0 Å². The van der Waals surface area contributed by atoms with Gasteiger partial charge in [-0.3, -0.25) is 0 Å². The van der Waals surface area contributed by atoms with Crippen LogP contribution in [0.3, 0.4) is 0 Å². The number of hydrogen-bond donors (Lipinski definition) is 0. The molecule has 0 N–H and O–H groups in total. The molecule has 0 heterocycles. The Bertz CT molecular complexity index is 282. The summed E-state index contributed by atoms with van der Waals surface area (Å²) in [4.78, 5) is 0. The molecule has 0 radical (unpaired) electrons. The van der Waals surface area contributed by atoms with Crippen LogP contribution in [0.2, 0.25) is 0 Å². The van der Waals surface area contributed by atoms with E-state index in [2.05, 4.69) is 45.5 Å². The molecule has 1 aromatic carbocycles. The molecule has 0 aliphatic heterocycles. The lowest BCUT2D eigenvalue weighted by molar-refractivity contribution is 0.862. The average molecular weight is 190 g/mol. The molecule has 1 aromatic rings. The smallest absolute Gasteiger partial charge is 0.0198 e. The van der Waals surface area contributed by atoms with E-state index < -0.39 is 0 Å². The number of benzene rings is 1. The molecule has 0 nitrogen and oxygen atoms in total. The van der Waals surface area contributed by atoms with Crippen LogP contribution < -0.4 is 0 Å². The van der Waals surface area contributed by atoms with E-state index in [0.717, 1.165) is 0 Å². The highest BCUT2D eigenvalue weighted by Crippen LogP contribution is 2.22. The lowest BCUT2D eigenvalue weighted by Gasteiger charge is -2.11. The van der Waals surface area contributed by atoms with Crippen molar-refractivity contribution in [2.75, 3.05) is 0 Å². The van der Waals surface area contributed by atoms with Crippen LogP contribution in [0.4, 0.5) is 0 Å². The van der Waals surface area contributed by atoms with Gasteiger partial charge in [0.05, 0.1) is 0 Å². The average Bonchev–Trinajstić information content (AvgIpc) is 2.20. The monoisotopic (exact) mass is 190 g/mol. The second kappa shape index (κ2) is 6.42. The van der Waals surface area contributed by atoms with Gasteiger partial charge in [-0.2, -0.15) is 0 Å². The Balaban J connectivity index is 0.000000791. The summed E-state index contributed by atoms with van der Waals surface area (Å²) in [5, 5.41) is 0. The van der Waals surface area contributed by atoms with Crippen molar-refractivity contribution in [3.05, 3.63) is 41.5 Å². The zero-order valence-electron chi connectivity index (χ0n) is 10.1. The van der Waals surface area contributed by atoms with E-state index >= 15 is 0 Å². The molecule has 14 heavy (non-hydrogen) atoms. The lowest BCUT2D eigenvalue weighted by Crippen LogP contribution is -1.93. The minimum absolute atomic E-state index is 0.581. The maximum absolute atomic E-state index is 3.83. The zero-order valence-corrected chi connectivity index (χ0v) is 10.1. The molecule has 0 bridgehead atoms. The predicted molar refractivity (Wildman–Crippen MR) is 66.7 cm³/mol. The van der Waals surface area contributed by atoms with E-state index in [1.165, 1.54) is 16.7 Å². The molecular weight excluding hydrogens is 168 g/mol. The topological polar surface area (TPSA) is 0 Å². The molecule has 0 atom stereocenters. The fourth-order valence-electron chi connectivity index (χ4n) is 1.49. The normalized spacial score (nSPS) is 9.29. The first kappa shape index (κ1) is 13.0. The van der Waals surface area contributed by atoms with Gasteiger partial charge < -0.3 is 0 Å². The second-order valence-corrected chi connectivity index (χ2v) is 3.44. The van der Waals surface area contributed by atoms with E-state index in [9.17, 15) is 0 Å². The van der Waals surface area contributed by atoms with Crippen molar-refractivity contribution in [2.45, 2.75) is 40.5 Å². The predicted octanol–water partition coefficient (Wildman–Crippen LogP) is 4.79. The summed E-state index contributed by atoms with van der Waals surface area (Å²) in [6.07, 6.45) is 1.95. The first-order valence-electron chi connectivity index (χ1n) is 5.38. The van der Waals surface area contributed by atoms with Gasteiger partial charge in [-0.05, 0) is 29.5 Å². The van der Waals surface area contributed by atoms with Gasteiger partial charge in [0.1, 0.15) is 0 Å². The highest BCUT2D eigenvalue weighted by Gasteiger charge is 2.04. The summed E-state index contributed by atoms with van der Waals surface area (Å²) in [6.45, 7) is 14.4. The third-order valence-electron chi connectivity index (χ3n) is 2.18. The maximum atomic E-state index is 3.83. The van der Waals surface area contributed by atoms with E-state index in [1.807, 2.05) is 19.9 Å². The number of aryl methyl sites for hydroxylation is 1. The summed E-state index contributed by atoms with van der Waals surface area (Å²) < 4.78 is 0. The number of rotatable bonds is 2. The standard InChI is InChI=1S/C12H16.C2H6/c1-5-11-10(4)7-6-8-12(11)9(2)3;1-2/h5-9H,1H2,2-4H3;1-2H3. The Morgan fingerprint density at radius 1 is 1.21 bits per heavy atom. The van der Waals surface area contributed by atoms with Crippen LogP contribution >= 0.6 is 0 Å². The largest absolute Gasteiger partial charge is 0.0984 e. The van der Waals surface area contributed by atoms with Crippen molar-refractivity contribution in [3.63, 3.8) is 0 Å². The summed E-state index contributed by atoms with van der Waals surface area (Å²) in [6, 6.07) is 6.41. The Kier molecular flexibility index (Phi) is 5.94. The van der Waals surface area contributed by atoms with Gasteiger partial charge in [-0.25, -0.2) is 0 Å². The molecule has 0 spiro atoms. The van der Waals surface area contributed by atoms with E-state index in [0.29, 0.717) is 5.92 Å². The minimum Gasteiger partial charge on any atom is -0.0984 e. The van der Waals surface area contributed by atoms with E-state index in [1.54, 1.807) is 0 Å². The fraction of sp³-hybridized carbons (Fsp3) is 0.429. The van der Waals surface area contributed by atoms with Crippen LogP contribution in [0.25, 0.3) is 6.08 Å². The molecule has 0 heteroatoms. The molecule has 0 saturated carbocycles. The molecule has 0 saturated heterocycles. The van der Waals surface area contributed by atoms with Crippen molar-refractivity contribution < 1.29 is 0 Å². The molecule has 1 rings (SSSR count). The third kappa shape index (κ3) is 3.02.